The molecular formula is C24H23N5O5S. The summed E-state index contributed by atoms with van der Waals surface area (Å²) in [6.07, 6.45) is 0. The lowest BCUT2D eigenvalue weighted by Gasteiger charge is -2.36. The van der Waals surface area contributed by atoms with Gasteiger partial charge in [0.2, 0.25) is 5.91 Å². The van der Waals surface area contributed by atoms with Crippen LogP contribution in [0.15, 0.2) is 53.9 Å². The molecule has 10 nitrogen and oxygen atoms in total. The number of hydrogen-bond donors (Lipinski definition) is 0. The van der Waals surface area contributed by atoms with Crippen molar-refractivity contribution in [3.63, 3.8) is 0 Å². The first kappa shape index (κ1) is 22.9. The number of piperazine rings is 1. The summed E-state index contributed by atoms with van der Waals surface area (Å²) in [5.41, 5.74) is 2.19. The van der Waals surface area contributed by atoms with Crippen LogP contribution in [-0.2, 0) is 16.1 Å². The van der Waals surface area contributed by atoms with Gasteiger partial charge in [-0.2, -0.15) is 0 Å². The highest BCUT2D eigenvalue weighted by Gasteiger charge is 2.31. The molecule has 2 aliphatic heterocycles. The van der Waals surface area contributed by atoms with Gasteiger partial charge in [-0.3, -0.25) is 29.5 Å². The molecule has 0 aliphatic carbocycles. The third kappa shape index (κ3) is 5.00. The molecule has 0 unspecified atom stereocenters. The molecule has 3 aromatic rings. The van der Waals surface area contributed by atoms with Crippen LogP contribution in [0.25, 0.3) is 10.6 Å². The van der Waals surface area contributed by atoms with Crippen LogP contribution < -0.4 is 9.64 Å². The summed E-state index contributed by atoms with van der Waals surface area (Å²) in [6, 6.07) is 14.1. The number of nitrogens with zero attached hydrogens (tertiary/aromatic N) is 5. The minimum Gasteiger partial charge on any atom is -0.482 e. The number of nitro benzene ring substituents is 1. The third-order valence-electron chi connectivity index (χ3n) is 6.07. The van der Waals surface area contributed by atoms with Gasteiger partial charge in [0.25, 0.3) is 11.6 Å². The first-order chi connectivity index (χ1) is 17.0. The van der Waals surface area contributed by atoms with Gasteiger partial charge in [-0.1, -0.05) is 30.3 Å². The Bertz CT molecular complexity index is 1260. The molecule has 11 heteroatoms. The molecule has 2 aliphatic rings. The lowest BCUT2D eigenvalue weighted by atomic mass is 10.2. The number of aromatic nitrogens is 1. The van der Waals surface area contributed by atoms with Crippen molar-refractivity contribution in [2.24, 2.45) is 0 Å². The van der Waals surface area contributed by atoms with Crippen molar-refractivity contribution in [3.05, 3.63) is 69.7 Å². The second-order valence-electron chi connectivity index (χ2n) is 8.34. The molecule has 3 heterocycles. The fraction of sp³-hybridized carbons (Fsp3) is 0.292. The highest BCUT2D eigenvalue weighted by molar-refractivity contribution is 7.13. The van der Waals surface area contributed by atoms with Gasteiger partial charge in [0.15, 0.2) is 6.61 Å². The number of amides is 2. The van der Waals surface area contributed by atoms with Crippen molar-refractivity contribution in [3.8, 4) is 16.3 Å². The molecule has 35 heavy (non-hydrogen) atoms. The van der Waals surface area contributed by atoms with E-state index in [-0.39, 0.29) is 30.4 Å². The molecule has 0 saturated carbocycles. The summed E-state index contributed by atoms with van der Waals surface area (Å²) >= 11 is 1.62. The summed E-state index contributed by atoms with van der Waals surface area (Å²) in [5.74, 6) is -0.244. The van der Waals surface area contributed by atoms with E-state index in [1.807, 2.05) is 30.3 Å². The van der Waals surface area contributed by atoms with Gasteiger partial charge in [0.05, 0.1) is 16.3 Å². The molecule has 5 rings (SSSR count). The largest absolute Gasteiger partial charge is 0.482 e. The van der Waals surface area contributed by atoms with E-state index in [0.717, 1.165) is 16.3 Å². The Hall–Kier alpha value is -3.83. The molecule has 0 spiro atoms. The molecule has 1 saturated heterocycles. The van der Waals surface area contributed by atoms with E-state index in [4.69, 9.17) is 9.72 Å². The quantitative estimate of drug-likeness (QED) is 0.384. The van der Waals surface area contributed by atoms with Gasteiger partial charge in [-0.15, -0.1) is 11.3 Å². The van der Waals surface area contributed by atoms with Crippen LogP contribution in [0.4, 0.5) is 11.4 Å². The fourth-order valence-electron chi connectivity index (χ4n) is 4.19. The maximum Gasteiger partial charge on any atom is 0.271 e. The molecule has 0 radical (unpaired) electrons. The second kappa shape index (κ2) is 9.80. The van der Waals surface area contributed by atoms with E-state index in [1.165, 1.54) is 23.1 Å². The zero-order valence-electron chi connectivity index (χ0n) is 18.8. The molecule has 2 amide bonds. The first-order valence-electron chi connectivity index (χ1n) is 11.2. The Morgan fingerprint density at radius 2 is 1.89 bits per heavy atom. The number of benzene rings is 2. The maximum absolute atomic E-state index is 13.0. The normalized spacial score (nSPS) is 16.1. The van der Waals surface area contributed by atoms with E-state index >= 15 is 0 Å². The Kier molecular flexibility index (Phi) is 6.43. The molecule has 0 bridgehead atoms. The van der Waals surface area contributed by atoms with Crippen molar-refractivity contribution >= 4 is 34.5 Å². The van der Waals surface area contributed by atoms with Crippen molar-refractivity contribution in [1.29, 1.82) is 0 Å². The number of ether oxygens (including phenoxy) is 1. The smallest absolute Gasteiger partial charge is 0.271 e. The molecule has 2 aromatic carbocycles. The third-order valence-corrected chi connectivity index (χ3v) is 7.01. The molecule has 180 valence electrons. The number of rotatable bonds is 6. The average molecular weight is 494 g/mol. The van der Waals surface area contributed by atoms with Gasteiger partial charge < -0.3 is 9.64 Å². The van der Waals surface area contributed by atoms with Crippen LogP contribution in [-0.4, -0.2) is 70.9 Å². The van der Waals surface area contributed by atoms with Gasteiger partial charge in [-0.25, -0.2) is 4.98 Å². The molecule has 0 atom stereocenters. The molecule has 0 N–H and O–H groups in total. The Labute approximate surface area is 205 Å². The zero-order valence-corrected chi connectivity index (χ0v) is 19.6. The van der Waals surface area contributed by atoms with Crippen LogP contribution in [0.3, 0.4) is 0 Å². The number of non-ortho nitro benzene ring substituents is 1. The number of nitro groups is 1. The van der Waals surface area contributed by atoms with E-state index in [0.29, 0.717) is 38.5 Å². The second-order valence-corrected chi connectivity index (χ2v) is 9.20. The van der Waals surface area contributed by atoms with Crippen molar-refractivity contribution < 1.29 is 19.2 Å². The Balaban J connectivity index is 1.18. The summed E-state index contributed by atoms with van der Waals surface area (Å²) in [6.45, 7) is 2.80. The monoisotopic (exact) mass is 493 g/mol. The fourth-order valence-corrected chi connectivity index (χ4v) is 5.01. The SMILES string of the molecule is O=C(CN1C(=O)COc2ccc([N+](=O)[O-])cc21)N1CCN(Cc2csc(-c3ccccc3)n2)CC1. The highest BCUT2D eigenvalue weighted by atomic mass is 32.1. The topological polar surface area (TPSA) is 109 Å². The Morgan fingerprint density at radius 3 is 2.63 bits per heavy atom. The number of carbonyl (C=O) groups excluding carboxylic acids is 2. The van der Waals surface area contributed by atoms with Crippen molar-refractivity contribution in [2.45, 2.75) is 6.54 Å². The molecule has 1 fully saturated rings. The number of hydrogen-bond acceptors (Lipinski definition) is 8. The average Bonchev–Trinajstić information content (AvgIpc) is 3.35. The number of carbonyl (C=O) groups is 2. The molecular weight excluding hydrogens is 470 g/mol. The zero-order chi connectivity index (χ0) is 24.4. The van der Waals surface area contributed by atoms with Gasteiger partial charge in [0.1, 0.15) is 17.3 Å². The van der Waals surface area contributed by atoms with E-state index in [2.05, 4.69) is 10.3 Å². The van der Waals surface area contributed by atoms with Crippen LogP contribution in [0.2, 0.25) is 0 Å². The number of thiazole rings is 1. The minimum absolute atomic E-state index is 0.162. The Morgan fingerprint density at radius 1 is 1.11 bits per heavy atom. The van der Waals surface area contributed by atoms with Crippen molar-refractivity contribution in [1.82, 2.24) is 14.8 Å². The van der Waals surface area contributed by atoms with Gasteiger partial charge >= 0.3 is 0 Å². The number of fused-ring (bicyclic) bond motifs is 1. The van der Waals surface area contributed by atoms with Gasteiger partial charge in [-0.05, 0) is 6.07 Å². The summed E-state index contributed by atoms with van der Waals surface area (Å²) in [7, 11) is 0. The van der Waals surface area contributed by atoms with E-state index < -0.39 is 10.8 Å². The van der Waals surface area contributed by atoms with Gasteiger partial charge in [0, 0.05) is 55.8 Å². The predicted octanol–water partition coefficient (Wildman–Crippen LogP) is 2.79. The van der Waals surface area contributed by atoms with Crippen molar-refractivity contribution in [2.75, 3.05) is 44.2 Å². The van der Waals surface area contributed by atoms with E-state index in [1.54, 1.807) is 16.2 Å². The first-order valence-corrected chi connectivity index (χ1v) is 12.1. The van der Waals surface area contributed by atoms with Crippen LogP contribution in [0.1, 0.15) is 5.69 Å². The standard InChI is InChI=1S/C24H23N5O5S/c30-22(14-28-20-12-19(29(32)33)6-7-21(20)34-15-23(28)31)27-10-8-26(9-11-27)13-18-16-35-24(25-18)17-4-2-1-3-5-17/h1-7,12,16H,8-11,13-15H2. The number of anilines is 1. The summed E-state index contributed by atoms with van der Waals surface area (Å²) < 4.78 is 5.38. The van der Waals surface area contributed by atoms with E-state index in [9.17, 15) is 19.7 Å². The summed E-state index contributed by atoms with van der Waals surface area (Å²) in [4.78, 5) is 46.1. The summed E-state index contributed by atoms with van der Waals surface area (Å²) in [5, 5.41) is 14.2. The lowest BCUT2D eigenvalue weighted by Crippen LogP contribution is -2.52. The maximum atomic E-state index is 13.0. The van der Waals surface area contributed by atoms with Crippen LogP contribution >= 0.6 is 11.3 Å². The highest BCUT2D eigenvalue weighted by Crippen LogP contribution is 2.35. The van der Waals surface area contributed by atoms with Crippen LogP contribution in [0, 0.1) is 10.1 Å². The van der Waals surface area contributed by atoms with Crippen LogP contribution in [0.5, 0.6) is 5.75 Å². The molecule has 1 aromatic heterocycles. The predicted molar refractivity (Wildman–Crippen MR) is 130 cm³/mol. The minimum atomic E-state index is -0.538. The lowest BCUT2D eigenvalue weighted by molar-refractivity contribution is -0.384.